The van der Waals surface area contributed by atoms with Crippen molar-refractivity contribution in [2.75, 3.05) is 20.8 Å². The fraction of sp³-hybridized carbons (Fsp3) is 0.667. The molecule has 2 saturated heterocycles. The van der Waals surface area contributed by atoms with Gasteiger partial charge >= 0.3 is 5.97 Å². The van der Waals surface area contributed by atoms with Gasteiger partial charge in [-0.1, -0.05) is 58.9 Å². The number of piperidine rings is 1. The van der Waals surface area contributed by atoms with E-state index in [2.05, 4.69) is 6.92 Å². The number of fused-ring (bicyclic) bond motifs is 3. The Balaban J connectivity index is 1.79. The molecule has 2 fully saturated rings. The molecule has 1 aromatic rings. The van der Waals surface area contributed by atoms with E-state index in [1.807, 2.05) is 19.9 Å². The van der Waals surface area contributed by atoms with Crippen molar-refractivity contribution in [2.45, 2.75) is 135 Å². The van der Waals surface area contributed by atoms with Crippen LogP contribution in [0, 0.1) is 23.7 Å². The normalized spacial score (nSPS) is 36.7. The van der Waals surface area contributed by atoms with E-state index in [0.29, 0.717) is 48.8 Å². The lowest BCUT2D eigenvalue weighted by atomic mass is 9.81. The van der Waals surface area contributed by atoms with E-state index in [0.717, 1.165) is 4.90 Å². The number of carbonyl (C=O) groups is 4. The highest BCUT2D eigenvalue weighted by molar-refractivity contribution is 6.39. The lowest BCUT2D eigenvalue weighted by Gasteiger charge is -2.47. The summed E-state index contributed by atoms with van der Waals surface area (Å²) in [6, 6.07) is 5.37. The van der Waals surface area contributed by atoms with Gasteiger partial charge in [-0.2, -0.15) is 0 Å². The number of phenolic OH excluding ortho intramolecular Hbond substituents is 1. The number of carbonyl (C=O) groups excluding carboxylic acids is 4. The molecule has 0 aromatic heterocycles. The quantitative estimate of drug-likeness (QED) is 0.268. The van der Waals surface area contributed by atoms with E-state index in [1.54, 1.807) is 45.0 Å². The van der Waals surface area contributed by atoms with Crippen LogP contribution >= 0.6 is 0 Å². The number of aliphatic hydroxyl groups is 2. The fourth-order valence-electron chi connectivity index (χ4n) is 8.37. The Bertz CT molecular complexity index is 1560. The summed E-state index contributed by atoms with van der Waals surface area (Å²) in [4.78, 5) is 57.3. The summed E-state index contributed by atoms with van der Waals surface area (Å²) >= 11 is 0. The van der Waals surface area contributed by atoms with Crippen LogP contribution in [0.1, 0.15) is 98.5 Å². The first-order valence-corrected chi connectivity index (χ1v) is 19.4. The molecule has 12 heteroatoms. The van der Waals surface area contributed by atoms with Crippen molar-refractivity contribution in [3.63, 3.8) is 0 Å². The number of ether oxygens (including phenoxy) is 4. The highest BCUT2D eigenvalue weighted by Gasteiger charge is 2.56. The zero-order valence-corrected chi connectivity index (χ0v) is 33.2. The molecule has 2 bridgehead atoms. The molecule has 4 rings (SSSR count). The van der Waals surface area contributed by atoms with Crippen LogP contribution in [0.3, 0.4) is 0 Å². The number of phenols is 1. The number of hydrogen-bond donors (Lipinski definition) is 3. The number of aliphatic hydroxyl groups excluding tert-OH is 1. The van der Waals surface area contributed by atoms with Crippen molar-refractivity contribution >= 4 is 29.5 Å². The third-order valence-electron chi connectivity index (χ3n) is 11.5. The van der Waals surface area contributed by atoms with Crippen LogP contribution < -0.4 is 0 Å². The van der Waals surface area contributed by atoms with Gasteiger partial charge in [-0.15, -0.1) is 0 Å². The topological polar surface area (TPSA) is 169 Å². The number of Topliss-reactive ketones (excluding diaryl/α,β-unsaturated/α-hetero) is 2. The Labute approximate surface area is 319 Å². The lowest BCUT2D eigenvalue weighted by molar-refractivity contribution is -0.302. The number of rotatable bonds is 5. The number of allylic oxidation sites excluding steroid dienone is 2. The molecule has 54 heavy (non-hydrogen) atoms. The minimum absolute atomic E-state index is 0.0136. The van der Waals surface area contributed by atoms with E-state index in [4.69, 9.17) is 18.9 Å². The number of cyclic esters (lactones) is 1. The number of ketones is 2. The van der Waals surface area contributed by atoms with Gasteiger partial charge in [0.2, 0.25) is 5.79 Å². The molecule has 3 aliphatic heterocycles. The smallest absolute Gasteiger partial charge is 0.329 e. The highest BCUT2D eigenvalue weighted by atomic mass is 16.7. The Morgan fingerprint density at radius 1 is 1.02 bits per heavy atom. The van der Waals surface area contributed by atoms with Crippen LogP contribution in [0.5, 0.6) is 5.75 Å². The summed E-state index contributed by atoms with van der Waals surface area (Å²) in [7, 11) is 3.06. The van der Waals surface area contributed by atoms with Crippen LogP contribution in [0.25, 0.3) is 6.08 Å². The Morgan fingerprint density at radius 2 is 1.70 bits per heavy atom. The molecule has 300 valence electrons. The number of nitrogens with zero attached hydrogens (tertiary/aromatic N) is 1. The molecule has 1 aromatic carbocycles. The standard InChI is InChI=1S/C42H61NO11/c1-9-30-18-24(2)17-25(3)19-35(51-7)38-36(52-8)21-27(5)42(50,54-38)39(47)40(48)43-16-11-10-15-32(43)41(49)53-37(28(6)33(45)23-34(30)46)26(4)20-29-13-12-14-31(44)22-29/h12-14,18,20,22,24-25,27-28,32-33,35-38,44-45,50H,9-11,15-17,19,21,23H2,1-8H3/b26-20?,30-18+. The molecule has 11 atom stereocenters. The van der Waals surface area contributed by atoms with E-state index >= 15 is 0 Å². The number of esters is 1. The maximum atomic E-state index is 14.2. The summed E-state index contributed by atoms with van der Waals surface area (Å²) in [5.41, 5.74) is 1.76. The molecule has 1 amide bonds. The zero-order valence-electron chi connectivity index (χ0n) is 33.2. The van der Waals surface area contributed by atoms with Crippen molar-refractivity contribution in [1.82, 2.24) is 4.90 Å². The SMILES string of the molecule is CC/C1=C\C(C)CC(C)CC(OC)C2OC(O)(C(=O)C(=O)N3CCCCC3C(=O)OC(C(C)=Cc3cccc(O)c3)C(C)C(O)CC1=O)C(C)CC2OC. The maximum Gasteiger partial charge on any atom is 0.329 e. The van der Waals surface area contributed by atoms with Gasteiger partial charge in [0.05, 0.1) is 18.3 Å². The van der Waals surface area contributed by atoms with Gasteiger partial charge in [0.25, 0.3) is 11.7 Å². The van der Waals surface area contributed by atoms with Crippen LogP contribution in [0.2, 0.25) is 0 Å². The molecule has 3 N–H and O–H groups in total. The Morgan fingerprint density at radius 3 is 2.35 bits per heavy atom. The largest absolute Gasteiger partial charge is 0.508 e. The third kappa shape index (κ3) is 10.1. The minimum Gasteiger partial charge on any atom is -0.508 e. The van der Waals surface area contributed by atoms with Crippen molar-refractivity contribution in [2.24, 2.45) is 23.7 Å². The molecule has 3 heterocycles. The number of benzene rings is 1. The molecule has 0 aliphatic carbocycles. The van der Waals surface area contributed by atoms with Gasteiger partial charge in [0.15, 0.2) is 5.78 Å². The second-order valence-corrected chi connectivity index (χ2v) is 15.8. The molecule has 0 spiro atoms. The van der Waals surface area contributed by atoms with E-state index < -0.39 is 71.8 Å². The first-order valence-electron chi connectivity index (χ1n) is 19.4. The van der Waals surface area contributed by atoms with Crippen LogP contribution in [-0.2, 0) is 38.1 Å². The summed E-state index contributed by atoms with van der Waals surface area (Å²) in [5, 5.41) is 33.6. The first kappa shape index (κ1) is 43.3. The molecular formula is C42H61NO11. The van der Waals surface area contributed by atoms with Crippen molar-refractivity contribution < 1.29 is 53.4 Å². The molecular weight excluding hydrogens is 694 g/mol. The minimum atomic E-state index is -2.50. The van der Waals surface area contributed by atoms with Crippen LogP contribution in [-0.4, -0.2) is 107 Å². The number of amides is 1. The zero-order chi connectivity index (χ0) is 39.9. The Kier molecular flexibility index (Phi) is 15.2. The molecule has 11 unspecified atom stereocenters. The van der Waals surface area contributed by atoms with Crippen molar-refractivity contribution in [3.8, 4) is 5.75 Å². The van der Waals surface area contributed by atoms with Gasteiger partial charge in [0.1, 0.15) is 24.0 Å². The number of hydrogen-bond acceptors (Lipinski definition) is 11. The van der Waals surface area contributed by atoms with Crippen LogP contribution in [0.4, 0.5) is 0 Å². The fourth-order valence-corrected chi connectivity index (χ4v) is 8.37. The van der Waals surface area contributed by atoms with E-state index in [1.165, 1.54) is 20.3 Å². The second-order valence-electron chi connectivity index (χ2n) is 15.8. The molecule has 12 nitrogen and oxygen atoms in total. The molecule has 0 radical (unpaired) electrons. The second kappa shape index (κ2) is 18.9. The van der Waals surface area contributed by atoms with Crippen LogP contribution in [0.15, 0.2) is 41.5 Å². The molecule has 0 saturated carbocycles. The third-order valence-corrected chi connectivity index (χ3v) is 11.5. The highest BCUT2D eigenvalue weighted by Crippen LogP contribution is 2.39. The van der Waals surface area contributed by atoms with Gasteiger partial charge in [-0.25, -0.2) is 4.79 Å². The van der Waals surface area contributed by atoms with Gasteiger partial charge in [-0.3, -0.25) is 14.4 Å². The monoisotopic (exact) mass is 755 g/mol. The summed E-state index contributed by atoms with van der Waals surface area (Å²) in [6.45, 7) is 11.1. The summed E-state index contributed by atoms with van der Waals surface area (Å²) in [6.07, 6.45) is 2.38. The van der Waals surface area contributed by atoms with Gasteiger partial charge < -0.3 is 39.2 Å². The van der Waals surface area contributed by atoms with E-state index in [-0.39, 0.29) is 49.2 Å². The van der Waals surface area contributed by atoms with Gasteiger partial charge in [-0.05, 0) is 92.5 Å². The predicted octanol–water partition coefficient (Wildman–Crippen LogP) is 5.16. The lowest BCUT2D eigenvalue weighted by Crippen LogP contribution is -2.64. The summed E-state index contributed by atoms with van der Waals surface area (Å²) < 4.78 is 24.1. The number of methoxy groups -OCH3 is 2. The average Bonchev–Trinajstić information content (AvgIpc) is 3.14. The molecule has 3 aliphatic rings. The predicted molar refractivity (Wildman–Crippen MR) is 202 cm³/mol. The van der Waals surface area contributed by atoms with E-state index in [9.17, 15) is 34.5 Å². The maximum absolute atomic E-state index is 14.2. The van der Waals surface area contributed by atoms with Crippen molar-refractivity contribution in [1.29, 1.82) is 0 Å². The average molecular weight is 756 g/mol. The van der Waals surface area contributed by atoms with Gasteiger partial charge in [0, 0.05) is 39.0 Å². The number of aromatic hydroxyl groups is 1. The first-order chi connectivity index (χ1) is 25.5. The summed E-state index contributed by atoms with van der Waals surface area (Å²) in [5.74, 6) is -7.22. The van der Waals surface area contributed by atoms with Crippen molar-refractivity contribution in [3.05, 3.63) is 47.1 Å². The Hall–Kier alpha value is -3.42.